The molecule has 0 aromatic rings. The van der Waals surface area contributed by atoms with Crippen molar-refractivity contribution >= 4 is 6.16 Å². The second kappa shape index (κ2) is 10.2. The number of carboxylic acid groups (broad SMARTS) is 2. The third-order valence-corrected chi connectivity index (χ3v) is 1.07. The summed E-state index contributed by atoms with van der Waals surface area (Å²) < 4.78 is 0. The van der Waals surface area contributed by atoms with E-state index in [-0.39, 0.29) is 0 Å². The molecule has 5 heteroatoms. The van der Waals surface area contributed by atoms with Crippen molar-refractivity contribution in [3.8, 4) is 0 Å². The molecule has 0 saturated heterocycles. The van der Waals surface area contributed by atoms with Gasteiger partial charge in [0.15, 0.2) is 6.29 Å². The summed E-state index contributed by atoms with van der Waals surface area (Å²) in [4.78, 5) is 8.33. The fourth-order valence-corrected chi connectivity index (χ4v) is 0.577. The first-order valence-corrected chi connectivity index (χ1v) is 3.74. The zero-order valence-electron chi connectivity index (χ0n) is 7.02. The molecule has 0 saturated carbocycles. The summed E-state index contributed by atoms with van der Waals surface area (Å²) >= 11 is 0. The molecule has 2 N–H and O–H groups in total. The molecule has 0 aliphatic heterocycles. The summed E-state index contributed by atoms with van der Waals surface area (Å²) in [5.41, 5.74) is 0. The van der Waals surface area contributed by atoms with E-state index in [4.69, 9.17) is 25.2 Å². The van der Waals surface area contributed by atoms with Crippen LogP contribution < -0.4 is 10.2 Å². The molecule has 0 aromatic heterocycles. The van der Waals surface area contributed by atoms with Crippen LogP contribution in [0.15, 0.2) is 0 Å². The van der Waals surface area contributed by atoms with Crippen molar-refractivity contribution in [3.05, 3.63) is 0 Å². The van der Waals surface area contributed by atoms with Gasteiger partial charge in [0.25, 0.3) is 0 Å². The molecule has 12 heavy (non-hydrogen) atoms. The van der Waals surface area contributed by atoms with E-state index in [2.05, 4.69) is 6.92 Å². The van der Waals surface area contributed by atoms with Crippen molar-refractivity contribution in [3.63, 3.8) is 0 Å². The van der Waals surface area contributed by atoms with Gasteiger partial charge in [-0.3, -0.25) is 0 Å². The Morgan fingerprint density at radius 1 is 1.33 bits per heavy atom. The highest BCUT2D eigenvalue weighted by atomic mass is 16.6. The van der Waals surface area contributed by atoms with Gasteiger partial charge in [-0.1, -0.05) is 19.8 Å². The van der Waals surface area contributed by atoms with Crippen LogP contribution in [-0.2, 0) is 0 Å². The van der Waals surface area contributed by atoms with Gasteiger partial charge in [-0.25, -0.2) is 0 Å². The van der Waals surface area contributed by atoms with Gasteiger partial charge in [-0.2, -0.15) is 0 Å². The Balaban J connectivity index is 0. The molecule has 0 spiro atoms. The summed E-state index contributed by atoms with van der Waals surface area (Å²) in [7, 11) is 0. The van der Waals surface area contributed by atoms with Crippen LogP contribution >= 0.6 is 0 Å². The molecule has 0 atom stereocenters. The third-order valence-electron chi connectivity index (χ3n) is 1.07. The highest BCUT2D eigenvalue weighted by molar-refractivity contribution is 5.47. The Kier molecular flexibility index (Phi) is 11.7. The number of hydrogen-bond donors (Lipinski definition) is 2. The van der Waals surface area contributed by atoms with Gasteiger partial charge in [-0.15, -0.1) is 0 Å². The smallest absolute Gasteiger partial charge is 0.151 e. The fraction of sp³-hybridized carbons (Fsp3) is 0.857. The zero-order valence-corrected chi connectivity index (χ0v) is 7.02. The van der Waals surface area contributed by atoms with E-state index < -0.39 is 12.4 Å². The molecular formula is C7H14O5-2. The van der Waals surface area contributed by atoms with Crippen molar-refractivity contribution in [2.45, 2.75) is 38.9 Å². The second-order valence-corrected chi connectivity index (χ2v) is 2.23. The van der Waals surface area contributed by atoms with Gasteiger partial charge in [0.2, 0.25) is 0 Å². The molecule has 0 amide bonds. The summed E-state index contributed by atoms with van der Waals surface area (Å²) in [6.45, 7) is 2.09. The summed E-state index contributed by atoms with van der Waals surface area (Å²) in [6, 6.07) is 0. The SMILES string of the molecule is CCCCCC(O)O.O=C([O-])[O-]. The Bertz CT molecular complexity index is 98.0. The topological polar surface area (TPSA) is 104 Å². The normalized spacial score (nSPS) is 9.00. The second-order valence-electron chi connectivity index (χ2n) is 2.23. The van der Waals surface area contributed by atoms with E-state index in [1.54, 1.807) is 0 Å². The first-order valence-electron chi connectivity index (χ1n) is 3.74. The molecule has 74 valence electrons. The minimum atomic E-state index is -2.33. The summed E-state index contributed by atoms with van der Waals surface area (Å²) in [5.74, 6) is 0. The lowest BCUT2D eigenvalue weighted by Crippen LogP contribution is -2.37. The van der Waals surface area contributed by atoms with Crippen molar-refractivity contribution in [1.82, 2.24) is 0 Å². The lowest BCUT2D eigenvalue weighted by Gasteiger charge is -1.99. The molecule has 5 nitrogen and oxygen atoms in total. The van der Waals surface area contributed by atoms with Crippen molar-refractivity contribution in [2.24, 2.45) is 0 Å². The molecule has 0 aliphatic rings. The maximum Gasteiger partial charge on any atom is 0.151 e. The van der Waals surface area contributed by atoms with Crippen LogP contribution in [0.3, 0.4) is 0 Å². The maximum absolute atomic E-state index is 8.33. The third kappa shape index (κ3) is 35.1. The lowest BCUT2D eigenvalue weighted by molar-refractivity contribution is -0.415. The van der Waals surface area contributed by atoms with Gasteiger partial charge in [0.1, 0.15) is 0 Å². The lowest BCUT2D eigenvalue weighted by atomic mass is 10.2. The van der Waals surface area contributed by atoms with Gasteiger partial charge in [0, 0.05) is 0 Å². The van der Waals surface area contributed by atoms with Gasteiger partial charge < -0.3 is 25.2 Å². The Hall–Kier alpha value is -0.810. The van der Waals surface area contributed by atoms with Gasteiger partial charge in [-0.05, 0) is 19.0 Å². The standard InChI is InChI=1S/C6H14O2.CH2O3/c1-2-3-4-5-6(7)8;2-1(3)4/h6-8H,2-5H2,1H3;(H2,2,3,4)/p-2. The number of carbonyl (C=O) groups excluding carboxylic acids is 1. The molecule has 0 unspecified atom stereocenters. The highest BCUT2D eigenvalue weighted by Crippen LogP contribution is 1.99. The van der Waals surface area contributed by atoms with E-state index in [0.717, 1.165) is 19.3 Å². The van der Waals surface area contributed by atoms with E-state index in [1.165, 1.54) is 0 Å². The van der Waals surface area contributed by atoms with Gasteiger partial charge in [0.05, 0.1) is 0 Å². The molecule has 0 radical (unpaired) electrons. The Morgan fingerprint density at radius 3 is 2.00 bits per heavy atom. The first-order chi connectivity index (χ1) is 5.50. The van der Waals surface area contributed by atoms with Crippen LogP contribution in [0.2, 0.25) is 0 Å². The van der Waals surface area contributed by atoms with Crippen LogP contribution in [0.25, 0.3) is 0 Å². The van der Waals surface area contributed by atoms with Crippen LogP contribution in [-0.4, -0.2) is 22.7 Å². The summed E-state index contributed by atoms with van der Waals surface area (Å²) in [6.07, 6.45) is 0.244. The molecule has 0 fully saturated rings. The van der Waals surface area contributed by atoms with Crippen molar-refractivity contribution in [2.75, 3.05) is 0 Å². The number of unbranched alkanes of at least 4 members (excludes halogenated alkanes) is 2. The largest absolute Gasteiger partial charge is 0.652 e. The Labute approximate surface area is 71.3 Å². The fourth-order valence-electron chi connectivity index (χ4n) is 0.577. The molecule has 0 aliphatic carbocycles. The average molecular weight is 178 g/mol. The van der Waals surface area contributed by atoms with Crippen LogP contribution in [0.5, 0.6) is 0 Å². The summed E-state index contributed by atoms with van der Waals surface area (Å²) in [5, 5.41) is 33.3. The quantitative estimate of drug-likeness (QED) is 0.400. The molecule has 0 aromatic carbocycles. The van der Waals surface area contributed by atoms with Crippen molar-refractivity contribution in [1.29, 1.82) is 0 Å². The van der Waals surface area contributed by atoms with E-state index >= 15 is 0 Å². The molecule has 0 rings (SSSR count). The van der Waals surface area contributed by atoms with E-state index in [1.807, 2.05) is 0 Å². The molecule has 0 heterocycles. The maximum atomic E-state index is 8.33. The van der Waals surface area contributed by atoms with Gasteiger partial charge >= 0.3 is 0 Å². The minimum Gasteiger partial charge on any atom is -0.652 e. The molecule has 0 bridgehead atoms. The van der Waals surface area contributed by atoms with E-state index in [0.29, 0.717) is 6.42 Å². The predicted octanol–water partition coefficient (Wildman–Crippen LogP) is -1.57. The van der Waals surface area contributed by atoms with Crippen LogP contribution in [0.4, 0.5) is 4.79 Å². The first kappa shape index (κ1) is 13.8. The van der Waals surface area contributed by atoms with Crippen molar-refractivity contribution < 1.29 is 25.2 Å². The number of aliphatic hydroxyl groups is 2. The number of aliphatic hydroxyl groups excluding tert-OH is 1. The average Bonchev–Trinajstić information content (AvgIpc) is 1.86. The van der Waals surface area contributed by atoms with E-state index in [9.17, 15) is 0 Å². The Morgan fingerprint density at radius 2 is 1.75 bits per heavy atom. The predicted molar refractivity (Wildman–Crippen MR) is 37.8 cm³/mol. The minimum absolute atomic E-state index is 0.522. The zero-order chi connectivity index (χ0) is 9.98. The number of carbonyl (C=O) groups is 1. The number of hydrogen-bond acceptors (Lipinski definition) is 5. The molecular weight excluding hydrogens is 164 g/mol. The number of rotatable bonds is 4. The monoisotopic (exact) mass is 178 g/mol. The highest BCUT2D eigenvalue weighted by Gasteiger charge is 1.93. The van der Waals surface area contributed by atoms with Crippen LogP contribution in [0.1, 0.15) is 32.6 Å². The van der Waals surface area contributed by atoms with Crippen LogP contribution in [0, 0.1) is 0 Å².